The highest BCUT2D eigenvalue weighted by Crippen LogP contribution is 2.30. The van der Waals surface area contributed by atoms with Gasteiger partial charge in [-0.25, -0.2) is 13.1 Å². The number of ether oxygens (including phenoxy) is 1. The van der Waals surface area contributed by atoms with Gasteiger partial charge in [0.05, 0.1) is 11.6 Å². The molecule has 21 heavy (non-hydrogen) atoms. The van der Waals surface area contributed by atoms with E-state index in [0.717, 1.165) is 13.0 Å². The first-order valence-corrected chi connectivity index (χ1v) is 8.84. The summed E-state index contributed by atoms with van der Waals surface area (Å²) in [5, 5.41) is 3.75. The Labute approximate surface area is 136 Å². The van der Waals surface area contributed by atoms with E-state index < -0.39 is 10.0 Å². The van der Waals surface area contributed by atoms with Gasteiger partial charge in [-0.2, -0.15) is 0 Å². The van der Waals surface area contributed by atoms with Crippen LogP contribution >= 0.6 is 23.2 Å². The normalized spacial score (nSPS) is 11.8. The molecule has 0 saturated carbocycles. The molecule has 0 aliphatic carbocycles. The van der Waals surface area contributed by atoms with Gasteiger partial charge in [-0.1, -0.05) is 30.1 Å². The Morgan fingerprint density at radius 1 is 1.24 bits per heavy atom. The molecule has 0 aromatic heterocycles. The quantitative estimate of drug-likeness (QED) is 0.668. The second kappa shape index (κ2) is 8.92. The van der Waals surface area contributed by atoms with Crippen molar-refractivity contribution in [2.75, 3.05) is 26.8 Å². The number of methoxy groups -OCH3 is 1. The van der Waals surface area contributed by atoms with Crippen molar-refractivity contribution in [1.29, 1.82) is 0 Å². The fourth-order valence-corrected chi connectivity index (χ4v) is 3.61. The van der Waals surface area contributed by atoms with Crippen LogP contribution < -0.4 is 10.0 Å². The monoisotopic (exact) mass is 354 g/mol. The van der Waals surface area contributed by atoms with Crippen LogP contribution in [0.25, 0.3) is 0 Å². The first kappa shape index (κ1) is 18.7. The summed E-state index contributed by atoms with van der Waals surface area (Å²) in [4.78, 5) is 0.0259. The van der Waals surface area contributed by atoms with E-state index in [9.17, 15) is 8.42 Å². The van der Waals surface area contributed by atoms with E-state index in [2.05, 4.69) is 10.0 Å². The standard InChI is InChI=1S/C13H20Cl2N2O3S/c1-3-6-16-9-10-11(14)4-5-12(13(10)15)21(18,19)17-7-8-20-2/h4-5,16-17H,3,6-9H2,1-2H3. The van der Waals surface area contributed by atoms with E-state index in [1.54, 1.807) is 6.07 Å². The fraction of sp³-hybridized carbons (Fsp3) is 0.538. The lowest BCUT2D eigenvalue weighted by Gasteiger charge is -2.13. The molecule has 0 bridgehead atoms. The minimum Gasteiger partial charge on any atom is -0.383 e. The molecule has 1 aromatic rings. The number of rotatable bonds is 9. The molecule has 8 heteroatoms. The molecule has 0 radical (unpaired) electrons. The fourth-order valence-electron chi connectivity index (χ4n) is 1.69. The maximum Gasteiger partial charge on any atom is 0.242 e. The van der Waals surface area contributed by atoms with Crippen LogP contribution in [0.5, 0.6) is 0 Å². The van der Waals surface area contributed by atoms with Crippen molar-refractivity contribution in [1.82, 2.24) is 10.0 Å². The molecular formula is C13H20Cl2N2O3S. The number of halogens is 2. The first-order valence-electron chi connectivity index (χ1n) is 6.60. The predicted octanol–water partition coefficient (Wildman–Crippen LogP) is 2.42. The lowest BCUT2D eigenvalue weighted by molar-refractivity contribution is 0.204. The zero-order valence-electron chi connectivity index (χ0n) is 12.1. The third kappa shape index (κ3) is 5.39. The molecule has 5 nitrogen and oxygen atoms in total. The van der Waals surface area contributed by atoms with Crippen molar-refractivity contribution in [3.05, 3.63) is 27.7 Å². The van der Waals surface area contributed by atoms with Gasteiger partial charge in [0, 0.05) is 30.8 Å². The van der Waals surface area contributed by atoms with Crippen LogP contribution in [0.1, 0.15) is 18.9 Å². The average Bonchev–Trinajstić information content (AvgIpc) is 2.42. The number of hydrogen-bond donors (Lipinski definition) is 2. The van der Waals surface area contributed by atoms with Crippen molar-refractivity contribution in [2.45, 2.75) is 24.8 Å². The summed E-state index contributed by atoms with van der Waals surface area (Å²) in [6, 6.07) is 2.95. The van der Waals surface area contributed by atoms with Crippen molar-refractivity contribution in [2.24, 2.45) is 0 Å². The summed E-state index contributed by atoms with van der Waals surface area (Å²) in [5.74, 6) is 0. The van der Waals surface area contributed by atoms with Crippen LogP contribution in [0.2, 0.25) is 10.0 Å². The zero-order chi connectivity index (χ0) is 15.9. The Morgan fingerprint density at radius 2 is 1.95 bits per heavy atom. The maximum atomic E-state index is 12.2. The van der Waals surface area contributed by atoms with E-state index in [0.29, 0.717) is 17.1 Å². The van der Waals surface area contributed by atoms with Crippen molar-refractivity contribution < 1.29 is 13.2 Å². The highest BCUT2D eigenvalue weighted by atomic mass is 35.5. The van der Waals surface area contributed by atoms with E-state index in [1.165, 1.54) is 13.2 Å². The Hall–Kier alpha value is -0.370. The third-order valence-electron chi connectivity index (χ3n) is 2.77. The van der Waals surface area contributed by atoms with Gasteiger partial charge in [0.1, 0.15) is 4.90 Å². The summed E-state index contributed by atoms with van der Waals surface area (Å²) in [6.07, 6.45) is 0.964. The van der Waals surface area contributed by atoms with Crippen LogP contribution in [0.15, 0.2) is 17.0 Å². The number of hydrogen-bond acceptors (Lipinski definition) is 4. The second-order valence-corrected chi connectivity index (χ2v) is 6.93. The molecule has 1 rings (SSSR count). The Kier molecular flexibility index (Phi) is 7.94. The van der Waals surface area contributed by atoms with E-state index in [-0.39, 0.29) is 23.1 Å². The van der Waals surface area contributed by atoms with Gasteiger partial charge in [-0.15, -0.1) is 0 Å². The minimum absolute atomic E-state index is 0.0259. The molecule has 0 amide bonds. The van der Waals surface area contributed by atoms with Gasteiger partial charge in [-0.3, -0.25) is 0 Å². The molecule has 0 aliphatic heterocycles. The van der Waals surface area contributed by atoms with Crippen LogP contribution in [-0.4, -0.2) is 35.2 Å². The largest absolute Gasteiger partial charge is 0.383 e. The van der Waals surface area contributed by atoms with Crippen LogP contribution in [-0.2, 0) is 21.3 Å². The number of nitrogens with one attached hydrogen (secondary N) is 2. The van der Waals surface area contributed by atoms with Crippen LogP contribution in [0, 0.1) is 0 Å². The molecule has 0 heterocycles. The zero-order valence-corrected chi connectivity index (χ0v) is 14.4. The molecular weight excluding hydrogens is 335 g/mol. The first-order chi connectivity index (χ1) is 9.94. The lowest BCUT2D eigenvalue weighted by Crippen LogP contribution is -2.27. The lowest BCUT2D eigenvalue weighted by atomic mass is 10.2. The van der Waals surface area contributed by atoms with Gasteiger partial charge in [-0.05, 0) is 25.1 Å². The van der Waals surface area contributed by atoms with Crippen LogP contribution in [0.3, 0.4) is 0 Å². The second-order valence-electron chi connectivity index (χ2n) is 4.41. The molecule has 0 fully saturated rings. The summed E-state index contributed by atoms with van der Waals surface area (Å²) >= 11 is 12.3. The summed E-state index contributed by atoms with van der Waals surface area (Å²) in [6.45, 7) is 3.73. The maximum absolute atomic E-state index is 12.2. The number of benzene rings is 1. The molecule has 0 aliphatic rings. The molecule has 0 unspecified atom stereocenters. The van der Waals surface area contributed by atoms with Gasteiger partial charge >= 0.3 is 0 Å². The van der Waals surface area contributed by atoms with Crippen molar-refractivity contribution in [3.63, 3.8) is 0 Å². The minimum atomic E-state index is -3.68. The molecule has 1 aromatic carbocycles. The third-order valence-corrected chi connectivity index (χ3v) is 5.17. The predicted molar refractivity (Wildman–Crippen MR) is 85.5 cm³/mol. The number of sulfonamides is 1. The molecule has 120 valence electrons. The Bertz CT molecular complexity index is 565. The van der Waals surface area contributed by atoms with Gasteiger partial charge in [0.2, 0.25) is 10.0 Å². The van der Waals surface area contributed by atoms with Crippen molar-refractivity contribution in [3.8, 4) is 0 Å². The summed E-state index contributed by atoms with van der Waals surface area (Å²) in [7, 11) is -2.18. The Morgan fingerprint density at radius 3 is 2.57 bits per heavy atom. The molecule has 0 atom stereocenters. The SMILES string of the molecule is CCCNCc1c(Cl)ccc(S(=O)(=O)NCCOC)c1Cl. The highest BCUT2D eigenvalue weighted by Gasteiger charge is 2.21. The summed E-state index contributed by atoms with van der Waals surface area (Å²) < 4.78 is 31.7. The van der Waals surface area contributed by atoms with Gasteiger partial charge in [0.15, 0.2) is 0 Å². The van der Waals surface area contributed by atoms with Gasteiger partial charge in [0.25, 0.3) is 0 Å². The average molecular weight is 355 g/mol. The molecule has 0 spiro atoms. The van der Waals surface area contributed by atoms with Crippen molar-refractivity contribution >= 4 is 33.2 Å². The molecule has 0 saturated heterocycles. The van der Waals surface area contributed by atoms with E-state index >= 15 is 0 Å². The highest BCUT2D eigenvalue weighted by molar-refractivity contribution is 7.89. The summed E-state index contributed by atoms with van der Waals surface area (Å²) in [5.41, 5.74) is 0.585. The Balaban J connectivity index is 3.00. The molecule has 2 N–H and O–H groups in total. The van der Waals surface area contributed by atoms with E-state index in [1.807, 2.05) is 6.92 Å². The van der Waals surface area contributed by atoms with Gasteiger partial charge < -0.3 is 10.1 Å². The van der Waals surface area contributed by atoms with E-state index in [4.69, 9.17) is 27.9 Å². The van der Waals surface area contributed by atoms with Crippen LogP contribution in [0.4, 0.5) is 0 Å². The smallest absolute Gasteiger partial charge is 0.242 e. The topological polar surface area (TPSA) is 67.4 Å².